The van der Waals surface area contributed by atoms with Gasteiger partial charge < -0.3 is 8.98 Å². The second kappa shape index (κ2) is 9.10. The van der Waals surface area contributed by atoms with E-state index in [-0.39, 0.29) is 22.5 Å². The number of ketones is 2. The Hall–Kier alpha value is -4.22. The van der Waals surface area contributed by atoms with Gasteiger partial charge in [0.05, 0.1) is 10.9 Å². The Kier molecular flexibility index (Phi) is 5.94. The maximum Gasteiger partial charge on any atom is 0.204 e. The topological polar surface area (TPSA) is 69.3 Å². The van der Waals surface area contributed by atoms with Crippen LogP contribution in [0.15, 0.2) is 82.0 Å². The van der Waals surface area contributed by atoms with E-state index < -0.39 is 11.2 Å². The summed E-state index contributed by atoms with van der Waals surface area (Å²) in [4.78, 5) is 39.2. The van der Waals surface area contributed by atoms with E-state index in [9.17, 15) is 14.4 Å². The van der Waals surface area contributed by atoms with Gasteiger partial charge in [-0.15, -0.1) is 0 Å². The number of aryl methyl sites for hydroxylation is 1. The van der Waals surface area contributed by atoms with Crippen LogP contribution in [0.3, 0.4) is 0 Å². The summed E-state index contributed by atoms with van der Waals surface area (Å²) in [6.07, 6.45) is 3.05. The maximum absolute atomic E-state index is 13.6. The fraction of sp³-hybridized carbons (Fsp3) is 0.100. The Labute approximate surface area is 212 Å². The molecule has 0 fully saturated rings. The van der Waals surface area contributed by atoms with Crippen molar-refractivity contribution in [1.82, 2.24) is 4.57 Å². The number of carbonyl (C=O) groups is 2. The molecule has 6 heteroatoms. The zero-order valence-corrected chi connectivity index (χ0v) is 20.7. The van der Waals surface area contributed by atoms with Crippen LogP contribution < -0.4 is 5.43 Å². The van der Waals surface area contributed by atoms with Gasteiger partial charge in [-0.25, -0.2) is 0 Å². The first-order valence-electron chi connectivity index (χ1n) is 11.4. The molecule has 0 amide bonds. The Morgan fingerprint density at radius 3 is 2.28 bits per heavy atom. The molecule has 0 aliphatic heterocycles. The molecule has 178 valence electrons. The lowest BCUT2D eigenvalue weighted by Gasteiger charge is -2.10. The van der Waals surface area contributed by atoms with Crippen LogP contribution in [0.4, 0.5) is 0 Å². The molecule has 36 heavy (non-hydrogen) atoms. The largest absolute Gasteiger partial charge is 0.460 e. The van der Waals surface area contributed by atoms with Crippen molar-refractivity contribution in [3.8, 4) is 5.69 Å². The van der Waals surface area contributed by atoms with E-state index in [0.717, 1.165) is 16.9 Å². The van der Waals surface area contributed by atoms with E-state index in [1.807, 2.05) is 54.0 Å². The molecular weight excluding hydrogens is 474 g/mol. The van der Waals surface area contributed by atoms with Gasteiger partial charge >= 0.3 is 0 Å². The number of carbonyl (C=O) groups excluding carboxylic acids is 2. The highest BCUT2D eigenvalue weighted by molar-refractivity contribution is 6.30. The molecule has 0 atom stereocenters. The van der Waals surface area contributed by atoms with E-state index in [4.69, 9.17) is 16.0 Å². The zero-order valence-electron chi connectivity index (χ0n) is 20.0. The van der Waals surface area contributed by atoms with Crippen molar-refractivity contribution in [1.29, 1.82) is 0 Å². The van der Waals surface area contributed by atoms with Crippen LogP contribution in [-0.2, 0) is 0 Å². The zero-order chi connectivity index (χ0) is 25.6. The summed E-state index contributed by atoms with van der Waals surface area (Å²) >= 11 is 6.08. The fourth-order valence-corrected chi connectivity index (χ4v) is 4.81. The van der Waals surface area contributed by atoms with Crippen LogP contribution in [0, 0.1) is 13.8 Å². The van der Waals surface area contributed by atoms with E-state index in [2.05, 4.69) is 0 Å². The molecule has 0 N–H and O–H groups in total. The molecule has 0 radical (unpaired) electrons. The molecule has 5 nitrogen and oxygen atoms in total. The Morgan fingerprint density at radius 1 is 0.917 bits per heavy atom. The number of Topliss-reactive ketones (excluding diaryl/α,β-unsaturated/α-hetero) is 1. The minimum absolute atomic E-state index is 0.0119. The van der Waals surface area contributed by atoms with Crippen LogP contribution in [0.1, 0.15) is 44.7 Å². The molecule has 0 saturated carbocycles. The first-order valence-corrected chi connectivity index (χ1v) is 11.8. The highest BCUT2D eigenvalue weighted by Crippen LogP contribution is 2.33. The Balaban J connectivity index is 1.75. The first-order chi connectivity index (χ1) is 17.3. The number of rotatable bonds is 5. The van der Waals surface area contributed by atoms with Gasteiger partial charge in [0.1, 0.15) is 16.9 Å². The molecule has 5 rings (SSSR count). The Morgan fingerprint density at radius 2 is 1.61 bits per heavy atom. The smallest absolute Gasteiger partial charge is 0.204 e. The van der Waals surface area contributed by atoms with Gasteiger partial charge in [-0.1, -0.05) is 48.0 Å². The summed E-state index contributed by atoms with van der Waals surface area (Å²) in [6, 6.07) is 20.0. The summed E-state index contributed by atoms with van der Waals surface area (Å²) in [5.74, 6) is -0.296. The third kappa shape index (κ3) is 3.97. The van der Waals surface area contributed by atoms with Crippen molar-refractivity contribution in [2.75, 3.05) is 0 Å². The molecule has 3 aromatic carbocycles. The quantitative estimate of drug-likeness (QED) is 0.192. The number of nitrogens with zero attached hydrogens (tertiary/aromatic N) is 1. The lowest BCUT2D eigenvalue weighted by Crippen LogP contribution is -2.16. The van der Waals surface area contributed by atoms with Crippen LogP contribution in [0.2, 0.25) is 5.02 Å². The molecule has 0 spiro atoms. The van der Waals surface area contributed by atoms with E-state index >= 15 is 0 Å². The average Bonchev–Trinajstić information content (AvgIpc) is 3.13. The van der Waals surface area contributed by atoms with Gasteiger partial charge in [0.15, 0.2) is 11.6 Å². The van der Waals surface area contributed by atoms with Gasteiger partial charge in [0.25, 0.3) is 0 Å². The summed E-state index contributed by atoms with van der Waals surface area (Å²) < 4.78 is 7.88. The fourth-order valence-electron chi connectivity index (χ4n) is 4.69. The predicted molar refractivity (Wildman–Crippen MR) is 144 cm³/mol. The molecule has 0 aliphatic carbocycles. The first kappa shape index (κ1) is 23.5. The van der Waals surface area contributed by atoms with Crippen LogP contribution >= 0.6 is 11.6 Å². The van der Waals surface area contributed by atoms with Gasteiger partial charge in [-0.05, 0) is 68.8 Å². The van der Waals surface area contributed by atoms with Crippen LogP contribution in [0.5, 0.6) is 0 Å². The predicted octanol–water partition coefficient (Wildman–Crippen LogP) is 7.11. The van der Waals surface area contributed by atoms with Gasteiger partial charge in [-0.3, -0.25) is 14.4 Å². The molecule has 0 unspecified atom stereocenters. The highest BCUT2D eigenvalue weighted by atomic mass is 35.5. The van der Waals surface area contributed by atoms with Crippen molar-refractivity contribution in [2.24, 2.45) is 0 Å². The number of halogens is 1. The number of allylic oxidation sites excluding steroid dienone is 1. The van der Waals surface area contributed by atoms with Gasteiger partial charge in [-0.2, -0.15) is 0 Å². The van der Waals surface area contributed by atoms with E-state index in [0.29, 0.717) is 27.1 Å². The molecular formula is C30H22ClNO4. The third-order valence-corrected chi connectivity index (χ3v) is 6.55. The summed E-state index contributed by atoms with van der Waals surface area (Å²) in [6.45, 7) is 4.98. The van der Waals surface area contributed by atoms with E-state index in [1.165, 1.54) is 13.0 Å². The van der Waals surface area contributed by atoms with Crippen LogP contribution in [-0.4, -0.2) is 16.1 Å². The highest BCUT2D eigenvalue weighted by Gasteiger charge is 2.23. The molecule has 0 bridgehead atoms. The number of hydrogen-bond acceptors (Lipinski definition) is 4. The molecule has 2 aromatic heterocycles. The van der Waals surface area contributed by atoms with Gasteiger partial charge in [0.2, 0.25) is 5.43 Å². The van der Waals surface area contributed by atoms with Crippen molar-refractivity contribution in [3.63, 3.8) is 0 Å². The summed E-state index contributed by atoms with van der Waals surface area (Å²) in [7, 11) is 0. The third-order valence-electron chi connectivity index (χ3n) is 6.30. The standard InChI is InChI=1S/C30H22ClNO4/c1-17-28(18(2)33)23-16-27-24(15-25(23)32(17)22-12-10-21(31)11-13-22)30(35)29(19(3)36-27)26(34)14-9-20-7-5-4-6-8-20/h4-16H,1-3H3/b14-9+. The number of fused-ring (bicyclic) bond motifs is 2. The molecule has 0 aliphatic rings. The maximum atomic E-state index is 13.6. The van der Waals surface area contributed by atoms with Gasteiger partial charge in [0, 0.05) is 27.4 Å². The second-order valence-electron chi connectivity index (χ2n) is 8.66. The van der Waals surface area contributed by atoms with Crippen LogP contribution in [0.25, 0.3) is 33.6 Å². The lowest BCUT2D eigenvalue weighted by atomic mass is 10.0. The van der Waals surface area contributed by atoms with E-state index in [1.54, 1.807) is 37.3 Å². The molecule has 0 saturated heterocycles. The van der Waals surface area contributed by atoms with Crippen molar-refractivity contribution >= 4 is 51.1 Å². The monoisotopic (exact) mass is 495 g/mol. The average molecular weight is 496 g/mol. The Bertz CT molecular complexity index is 1760. The van der Waals surface area contributed by atoms with Crippen molar-refractivity contribution in [3.05, 3.63) is 116 Å². The normalized spacial score (nSPS) is 11.6. The molecule has 2 heterocycles. The van der Waals surface area contributed by atoms with Crippen molar-refractivity contribution in [2.45, 2.75) is 20.8 Å². The lowest BCUT2D eigenvalue weighted by molar-refractivity contribution is 0.101. The van der Waals surface area contributed by atoms with Crippen molar-refractivity contribution < 1.29 is 14.0 Å². The minimum atomic E-state index is -0.430. The minimum Gasteiger partial charge on any atom is -0.460 e. The number of benzene rings is 3. The summed E-state index contributed by atoms with van der Waals surface area (Å²) in [5.41, 5.74) is 3.50. The molecule has 5 aromatic rings. The SMILES string of the molecule is CC(=O)c1c(C)n(-c2ccc(Cl)cc2)c2cc3c(=O)c(C(=O)/C=C/c4ccccc4)c(C)oc3cc12. The summed E-state index contributed by atoms with van der Waals surface area (Å²) in [5, 5.41) is 1.54. The second-order valence-corrected chi connectivity index (χ2v) is 9.10. The number of hydrogen-bond donors (Lipinski definition) is 0. The number of aromatic nitrogens is 1.